The Morgan fingerprint density at radius 3 is 2.65 bits per heavy atom. The quantitative estimate of drug-likeness (QED) is 0.896. The van der Waals surface area contributed by atoms with Gasteiger partial charge in [0, 0.05) is 12.2 Å². The van der Waals surface area contributed by atoms with Crippen molar-refractivity contribution in [1.82, 2.24) is 5.32 Å². The van der Waals surface area contributed by atoms with Gasteiger partial charge < -0.3 is 19.7 Å². The van der Waals surface area contributed by atoms with Crippen LogP contribution in [0, 0.1) is 6.92 Å². The normalized spacial score (nSPS) is 17.0. The third-order valence-electron chi connectivity index (χ3n) is 4.16. The average molecular weight is 354 g/mol. The van der Waals surface area contributed by atoms with E-state index in [4.69, 9.17) is 9.47 Å². The standard InChI is InChI=1S/C20H22N2O4/c1-15-7-9-17(10-8-15)22-12-18(25-14-19(22)23)11-21-20(24)26-13-16-5-3-2-4-6-16/h2-10,18H,11-14H2,1H3,(H,21,24). The second kappa shape index (κ2) is 8.49. The molecule has 2 amide bonds. The summed E-state index contributed by atoms with van der Waals surface area (Å²) in [6.07, 6.45) is -0.783. The Balaban J connectivity index is 1.48. The summed E-state index contributed by atoms with van der Waals surface area (Å²) in [4.78, 5) is 25.6. The number of nitrogens with one attached hydrogen (secondary N) is 1. The van der Waals surface area contributed by atoms with Gasteiger partial charge in [-0.1, -0.05) is 48.0 Å². The van der Waals surface area contributed by atoms with E-state index in [0.717, 1.165) is 16.8 Å². The summed E-state index contributed by atoms with van der Waals surface area (Å²) in [6.45, 7) is 2.88. The lowest BCUT2D eigenvalue weighted by Gasteiger charge is -2.32. The number of alkyl carbamates (subject to hydrolysis) is 1. The van der Waals surface area contributed by atoms with Crippen LogP contribution >= 0.6 is 0 Å². The minimum absolute atomic E-state index is 0.000708. The average Bonchev–Trinajstić information content (AvgIpc) is 2.67. The Labute approximate surface area is 152 Å². The second-order valence-corrected chi connectivity index (χ2v) is 6.22. The smallest absolute Gasteiger partial charge is 0.407 e. The van der Waals surface area contributed by atoms with Gasteiger partial charge in [0.15, 0.2) is 0 Å². The zero-order chi connectivity index (χ0) is 18.4. The highest BCUT2D eigenvalue weighted by Gasteiger charge is 2.27. The van der Waals surface area contributed by atoms with E-state index in [1.54, 1.807) is 4.90 Å². The predicted octanol–water partition coefficient (Wildman–Crippen LogP) is 2.65. The molecule has 0 bridgehead atoms. The van der Waals surface area contributed by atoms with Crippen LogP contribution in [0.2, 0.25) is 0 Å². The number of benzene rings is 2. The number of amides is 2. The fourth-order valence-electron chi connectivity index (χ4n) is 2.69. The molecule has 2 aromatic carbocycles. The Morgan fingerprint density at radius 1 is 1.19 bits per heavy atom. The Morgan fingerprint density at radius 2 is 1.92 bits per heavy atom. The van der Waals surface area contributed by atoms with E-state index < -0.39 is 6.09 Å². The molecule has 136 valence electrons. The maximum atomic E-state index is 12.1. The lowest BCUT2D eigenvalue weighted by atomic mass is 10.2. The molecule has 6 heteroatoms. The molecular weight excluding hydrogens is 332 g/mol. The summed E-state index contributed by atoms with van der Waals surface area (Å²) in [5.41, 5.74) is 2.89. The summed E-state index contributed by atoms with van der Waals surface area (Å²) in [5.74, 6) is -0.0863. The molecule has 0 aromatic heterocycles. The lowest BCUT2D eigenvalue weighted by molar-refractivity contribution is -0.129. The van der Waals surface area contributed by atoms with Crippen LogP contribution in [0.3, 0.4) is 0 Å². The maximum Gasteiger partial charge on any atom is 0.407 e. The molecule has 0 radical (unpaired) electrons. The van der Waals surface area contributed by atoms with Crippen molar-refractivity contribution in [1.29, 1.82) is 0 Å². The number of rotatable bonds is 5. The fourth-order valence-corrected chi connectivity index (χ4v) is 2.69. The SMILES string of the molecule is Cc1ccc(N2CC(CNC(=O)OCc3ccccc3)OCC2=O)cc1. The van der Waals surface area contributed by atoms with Gasteiger partial charge in [0.05, 0.1) is 12.6 Å². The van der Waals surface area contributed by atoms with Gasteiger partial charge in [0.1, 0.15) is 13.2 Å². The molecule has 1 saturated heterocycles. The van der Waals surface area contributed by atoms with Crippen LogP contribution in [-0.4, -0.2) is 37.8 Å². The summed E-state index contributed by atoms with van der Waals surface area (Å²) in [6, 6.07) is 17.2. The van der Waals surface area contributed by atoms with E-state index in [-0.39, 0.29) is 31.8 Å². The van der Waals surface area contributed by atoms with Crippen LogP contribution in [0.4, 0.5) is 10.5 Å². The Hall–Kier alpha value is -2.86. The van der Waals surface area contributed by atoms with Gasteiger partial charge in [-0.3, -0.25) is 4.79 Å². The zero-order valence-corrected chi connectivity index (χ0v) is 14.7. The molecule has 1 N–H and O–H groups in total. The number of aryl methyl sites for hydroxylation is 1. The first kappa shape index (κ1) is 17.9. The first-order valence-electron chi connectivity index (χ1n) is 8.55. The van der Waals surface area contributed by atoms with Crippen LogP contribution in [0.15, 0.2) is 54.6 Å². The summed E-state index contributed by atoms with van der Waals surface area (Å²) in [7, 11) is 0. The van der Waals surface area contributed by atoms with E-state index in [2.05, 4.69) is 5.32 Å². The highest BCUT2D eigenvalue weighted by molar-refractivity contribution is 5.95. The first-order valence-corrected chi connectivity index (χ1v) is 8.55. The largest absolute Gasteiger partial charge is 0.445 e. The van der Waals surface area contributed by atoms with E-state index in [9.17, 15) is 9.59 Å². The monoisotopic (exact) mass is 354 g/mol. The van der Waals surface area contributed by atoms with Gasteiger partial charge >= 0.3 is 6.09 Å². The molecule has 0 aliphatic carbocycles. The highest BCUT2D eigenvalue weighted by atomic mass is 16.5. The van der Waals surface area contributed by atoms with Gasteiger partial charge in [0.25, 0.3) is 5.91 Å². The Kier molecular flexibility index (Phi) is 5.86. The molecule has 1 atom stereocenters. The highest BCUT2D eigenvalue weighted by Crippen LogP contribution is 2.19. The molecule has 1 heterocycles. The van der Waals surface area contributed by atoms with Gasteiger partial charge in [-0.25, -0.2) is 4.79 Å². The van der Waals surface area contributed by atoms with E-state index >= 15 is 0 Å². The van der Waals surface area contributed by atoms with Crippen molar-refractivity contribution < 1.29 is 19.1 Å². The molecule has 26 heavy (non-hydrogen) atoms. The van der Waals surface area contributed by atoms with Gasteiger partial charge in [-0.05, 0) is 24.6 Å². The molecule has 6 nitrogen and oxygen atoms in total. The van der Waals surface area contributed by atoms with Crippen molar-refractivity contribution in [2.24, 2.45) is 0 Å². The Bertz CT molecular complexity index is 746. The summed E-state index contributed by atoms with van der Waals surface area (Å²) < 4.78 is 10.7. The topological polar surface area (TPSA) is 67.9 Å². The molecule has 1 aliphatic heterocycles. The van der Waals surface area contributed by atoms with Gasteiger partial charge in [-0.2, -0.15) is 0 Å². The van der Waals surface area contributed by atoms with Crippen molar-refractivity contribution in [2.75, 3.05) is 24.6 Å². The number of carbonyl (C=O) groups excluding carboxylic acids is 2. The summed E-state index contributed by atoms with van der Waals surface area (Å²) in [5, 5.41) is 2.69. The lowest BCUT2D eigenvalue weighted by Crippen LogP contribution is -2.50. The number of ether oxygens (including phenoxy) is 2. The number of morpholine rings is 1. The van der Waals surface area contributed by atoms with Gasteiger partial charge in [0.2, 0.25) is 0 Å². The third-order valence-corrected chi connectivity index (χ3v) is 4.16. The molecule has 1 aliphatic rings. The summed E-state index contributed by atoms with van der Waals surface area (Å²) >= 11 is 0. The fraction of sp³-hybridized carbons (Fsp3) is 0.300. The van der Waals surface area contributed by atoms with E-state index in [1.165, 1.54) is 0 Å². The molecule has 2 aromatic rings. The van der Waals surface area contributed by atoms with Crippen LogP contribution < -0.4 is 10.2 Å². The van der Waals surface area contributed by atoms with E-state index in [0.29, 0.717) is 6.54 Å². The van der Waals surface area contributed by atoms with Gasteiger partial charge in [-0.15, -0.1) is 0 Å². The minimum Gasteiger partial charge on any atom is -0.445 e. The first-order chi connectivity index (χ1) is 12.6. The van der Waals surface area contributed by atoms with Crippen molar-refractivity contribution >= 4 is 17.7 Å². The third kappa shape index (κ3) is 4.83. The predicted molar refractivity (Wildman–Crippen MR) is 97.9 cm³/mol. The van der Waals surface area contributed by atoms with Crippen molar-refractivity contribution in [3.8, 4) is 0 Å². The number of carbonyl (C=O) groups is 2. The van der Waals surface area contributed by atoms with Crippen LogP contribution in [-0.2, 0) is 20.9 Å². The molecule has 1 unspecified atom stereocenters. The van der Waals surface area contributed by atoms with E-state index in [1.807, 2.05) is 61.5 Å². The number of hydrogen-bond acceptors (Lipinski definition) is 4. The minimum atomic E-state index is -0.503. The second-order valence-electron chi connectivity index (χ2n) is 6.22. The maximum absolute atomic E-state index is 12.1. The van der Waals surface area contributed by atoms with Crippen molar-refractivity contribution in [2.45, 2.75) is 19.6 Å². The molecule has 0 spiro atoms. The van der Waals surface area contributed by atoms with Crippen LogP contribution in [0.5, 0.6) is 0 Å². The van der Waals surface area contributed by atoms with Crippen LogP contribution in [0.1, 0.15) is 11.1 Å². The number of hydrogen-bond donors (Lipinski definition) is 1. The molecule has 3 rings (SSSR count). The number of anilines is 1. The van der Waals surface area contributed by atoms with Crippen molar-refractivity contribution in [3.63, 3.8) is 0 Å². The molecule has 1 fully saturated rings. The molecular formula is C20H22N2O4. The zero-order valence-electron chi connectivity index (χ0n) is 14.7. The molecule has 0 saturated carbocycles. The number of nitrogens with zero attached hydrogens (tertiary/aromatic N) is 1. The van der Waals surface area contributed by atoms with Crippen LogP contribution in [0.25, 0.3) is 0 Å². The van der Waals surface area contributed by atoms with Crippen molar-refractivity contribution in [3.05, 3.63) is 65.7 Å².